The summed E-state index contributed by atoms with van der Waals surface area (Å²) in [6.07, 6.45) is 0. The second kappa shape index (κ2) is 8.49. The zero-order valence-electron chi connectivity index (χ0n) is 17.0. The molecule has 9 nitrogen and oxygen atoms in total. The topological polar surface area (TPSA) is 128 Å². The molecule has 3 aromatic rings. The van der Waals surface area contributed by atoms with Crippen LogP contribution in [0.25, 0.3) is 16.6 Å². The molecule has 1 aliphatic rings. The van der Waals surface area contributed by atoms with Crippen LogP contribution in [0.3, 0.4) is 0 Å². The number of hydrogen-bond donors (Lipinski definition) is 5. The third-order valence-corrected chi connectivity index (χ3v) is 4.88. The second-order valence-electron chi connectivity index (χ2n) is 7.34. The van der Waals surface area contributed by atoms with E-state index in [1.807, 2.05) is 19.1 Å². The van der Waals surface area contributed by atoms with Crippen LogP contribution in [0.4, 0.5) is 11.4 Å². The highest BCUT2D eigenvalue weighted by Gasteiger charge is 2.16. The van der Waals surface area contributed by atoms with Crippen LogP contribution in [-0.4, -0.2) is 40.2 Å². The molecule has 0 spiro atoms. The molecule has 1 aliphatic heterocycles. The third-order valence-electron chi connectivity index (χ3n) is 4.88. The molecule has 0 bridgehead atoms. The van der Waals surface area contributed by atoms with Crippen LogP contribution >= 0.6 is 0 Å². The van der Waals surface area contributed by atoms with E-state index in [4.69, 9.17) is 4.74 Å². The molecule has 1 atom stereocenters. The maximum atomic E-state index is 12.7. The number of rotatable bonds is 7. The van der Waals surface area contributed by atoms with Gasteiger partial charge in [0.25, 0.3) is 11.5 Å². The summed E-state index contributed by atoms with van der Waals surface area (Å²) in [6.45, 7) is 6.17. The molecule has 9 heteroatoms. The Morgan fingerprint density at radius 2 is 2.16 bits per heavy atom. The summed E-state index contributed by atoms with van der Waals surface area (Å²) >= 11 is 0. The molecule has 1 amide bonds. The van der Waals surface area contributed by atoms with Crippen LogP contribution < -0.4 is 26.2 Å². The number of aliphatic hydroxyl groups excluding tert-OH is 1. The number of amides is 1. The lowest BCUT2D eigenvalue weighted by molar-refractivity contribution is -0.118. The molecule has 2 aromatic carbocycles. The smallest absolute Gasteiger partial charge is 0.262 e. The number of carbonyl (C=O) groups excluding carboxylic acids is 1. The lowest BCUT2D eigenvalue weighted by Crippen LogP contribution is -2.25. The number of nitrogens with zero attached hydrogens (tertiary/aromatic N) is 1. The molecule has 0 fully saturated rings. The van der Waals surface area contributed by atoms with Crippen molar-refractivity contribution in [2.24, 2.45) is 0 Å². The molecule has 31 heavy (non-hydrogen) atoms. The van der Waals surface area contributed by atoms with Gasteiger partial charge >= 0.3 is 0 Å². The largest absolute Gasteiger partial charge is 0.482 e. The van der Waals surface area contributed by atoms with Crippen molar-refractivity contribution >= 4 is 33.9 Å². The summed E-state index contributed by atoms with van der Waals surface area (Å²) in [5.74, 6) is 0.768. The van der Waals surface area contributed by atoms with Gasteiger partial charge in [-0.25, -0.2) is 4.98 Å². The summed E-state index contributed by atoms with van der Waals surface area (Å²) in [6, 6.07) is 10.6. The Morgan fingerprint density at radius 3 is 2.97 bits per heavy atom. The van der Waals surface area contributed by atoms with E-state index >= 15 is 0 Å². The number of ether oxygens (including phenoxy) is 1. The molecule has 160 valence electrons. The predicted octanol–water partition coefficient (Wildman–Crippen LogP) is 1.81. The van der Waals surface area contributed by atoms with E-state index in [-0.39, 0.29) is 30.7 Å². The van der Waals surface area contributed by atoms with E-state index in [2.05, 4.69) is 32.5 Å². The van der Waals surface area contributed by atoms with E-state index in [9.17, 15) is 14.7 Å². The lowest BCUT2D eigenvalue weighted by Gasteiger charge is -2.19. The van der Waals surface area contributed by atoms with Crippen molar-refractivity contribution in [3.63, 3.8) is 0 Å². The highest BCUT2D eigenvalue weighted by molar-refractivity contribution is 5.95. The molecular formula is C22H23N5O4. The van der Waals surface area contributed by atoms with Gasteiger partial charge in [-0.1, -0.05) is 18.7 Å². The van der Waals surface area contributed by atoms with Gasteiger partial charge < -0.3 is 30.8 Å². The molecule has 0 radical (unpaired) electrons. The van der Waals surface area contributed by atoms with Crippen LogP contribution in [0.5, 0.6) is 5.75 Å². The zero-order chi connectivity index (χ0) is 22.0. The van der Waals surface area contributed by atoms with Gasteiger partial charge in [0.1, 0.15) is 5.75 Å². The van der Waals surface area contributed by atoms with Gasteiger partial charge in [-0.05, 0) is 36.8 Å². The third kappa shape index (κ3) is 4.36. The second-order valence-corrected chi connectivity index (χ2v) is 7.34. The number of aromatic amines is 1. The highest BCUT2D eigenvalue weighted by atomic mass is 16.5. The lowest BCUT2D eigenvalue weighted by atomic mass is 10.1. The van der Waals surface area contributed by atoms with Gasteiger partial charge in [0, 0.05) is 18.3 Å². The van der Waals surface area contributed by atoms with Crippen LogP contribution in [0.2, 0.25) is 0 Å². The quantitative estimate of drug-likeness (QED) is 0.394. The van der Waals surface area contributed by atoms with Gasteiger partial charge in [0.2, 0.25) is 0 Å². The molecule has 0 aliphatic carbocycles. The fraction of sp³-hybridized carbons (Fsp3) is 0.227. The summed E-state index contributed by atoms with van der Waals surface area (Å²) in [5, 5.41) is 18.7. The first-order valence-corrected chi connectivity index (χ1v) is 9.84. The first kappa shape index (κ1) is 20.4. The number of H-pyrrole nitrogens is 1. The van der Waals surface area contributed by atoms with Crippen LogP contribution in [0, 0.1) is 0 Å². The minimum Gasteiger partial charge on any atom is -0.482 e. The molecule has 0 unspecified atom stereocenters. The van der Waals surface area contributed by atoms with Crippen LogP contribution in [-0.2, 0) is 11.3 Å². The standard InChI is InChI=1S/C22H23N5O4/c1-12(10-28)24-15-4-3-5-16-20(15)22(30)27-21(26-16)13(2)23-9-14-6-7-18-17(8-14)25-19(29)11-31-18/h3-8,12,23-24,28H,2,9-11H2,1H3,(H,25,29)(H,26,27,30)/t12-/m0/s1. The van der Waals surface area contributed by atoms with E-state index in [0.29, 0.717) is 46.1 Å². The maximum Gasteiger partial charge on any atom is 0.262 e. The summed E-state index contributed by atoms with van der Waals surface area (Å²) in [7, 11) is 0. The number of hydrogen-bond acceptors (Lipinski definition) is 7. The predicted molar refractivity (Wildman–Crippen MR) is 119 cm³/mol. The molecule has 2 heterocycles. The summed E-state index contributed by atoms with van der Waals surface area (Å²) in [5.41, 5.74) is 2.81. The first-order chi connectivity index (χ1) is 14.9. The van der Waals surface area contributed by atoms with Crippen molar-refractivity contribution in [2.75, 3.05) is 23.8 Å². The molecule has 4 rings (SSSR count). The fourth-order valence-corrected chi connectivity index (χ4v) is 3.30. The van der Waals surface area contributed by atoms with E-state index < -0.39 is 0 Å². The minimum absolute atomic E-state index is 0.0124. The van der Waals surface area contributed by atoms with Crippen molar-refractivity contribution in [3.8, 4) is 5.75 Å². The van der Waals surface area contributed by atoms with Crippen molar-refractivity contribution in [1.29, 1.82) is 0 Å². The number of nitrogens with one attached hydrogen (secondary N) is 4. The Bertz CT molecular complexity index is 1220. The van der Waals surface area contributed by atoms with Crippen molar-refractivity contribution in [3.05, 3.63) is 64.7 Å². The van der Waals surface area contributed by atoms with Gasteiger partial charge in [-0.15, -0.1) is 0 Å². The Hall–Kier alpha value is -3.85. The Morgan fingerprint density at radius 1 is 1.32 bits per heavy atom. The SMILES string of the molecule is C=C(NCc1ccc2c(c1)NC(=O)CO2)c1nc2cccc(N[C@@H](C)CO)c2c(=O)[nH]1. The minimum atomic E-state index is -0.301. The molecule has 0 saturated heterocycles. The van der Waals surface area contributed by atoms with E-state index in [1.54, 1.807) is 24.3 Å². The normalized spacial score (nSPS) is 13.7. The monoisotopic (exact) mass is 421 g/mol. The number of aliphatic hydroxyl groups is 1. The van der Waals surface area contributed by atoms with Gasteiger partial charge in [0.15, 0.2) is 12.4 Å². The molecule has 0 saturated carbocycles. The number of anilines is 2. The number of carbonyl (C=O) groups is 1. The van der Waals surface area contributed by atoms with Crippen molar-refractivity contribution in [2.45, 2.75) is 19.5 Å². The Balaban J connectivity index is 1.53. The van der Waals surface area contributed by atoms with Crippen molar-refractivity contribution in [1.82, 2.24) is 15.3 Å². The Labute approximate surface area is 178 Å². The van der Waals surface area contributed by atoms with Crippen LogP contribution in [0.15, 0.2) is 47.8 Å². The molecule has 5 N–H and O–H groups in total. The fourth-order valence-electron chi connectivity index (χ4n) is 3.30. The van der Waals surface area contributed by atoms with E-state index in [1.165, 1.54) is 0 Å². The number of benzene rings is 2. The average molecular weight is 421 g/mol. The van der Waals surface area contributed by atoms with Crippen LogP contribution in [0.1, 0.15) is 18.3 Å². The van der Waals surface area contributed by atoms with Crippen molar-refractivity contribution < 1.29 is 14.6 Å². The Kier molecular flexibility index (Phi) is 5.59. The highest BCUT2D eigenvalue weighted by Crippen LogP contribution is 2.28. The maximum absolute atomic E-state index is 12.7. The zero-order valence-corrected chi connectivity index (χ0v) is 17.0. The number of fused-ring (bicyclic) bond motifs is 2. The first-order valence-electron chi connectivity index (χ1n) is 9.84. The van der Waals surface area contributed by atoms with Gasteiger partial charge in [-0.2, -0.15) is 0 Å². The number of aromatic nitrogens is 2. The summed E-state index contributed by atoms with van der Waals surface area (Å²) < 4.78 is 5.36. The van der Waals surface area contributed by atoms with E-state index in [0.717, 1.165) is 5.56 Å². The summed E-state index contributed by atoms with van der Waals surface area (Å²) in [4.78, 5) is 31.5. The average Bonchev–Trinajstić information content (AvgIpc) is 2.76. The van der Waals surface area contributed by atoms with Gasteiger partial charge in [-0.3, -0.25) is 9.59 Å². The van der Waals surface area contributed by atoms with Gasteiger partial charge in [0.05, 0.1) is 28.9 Å². The molecule has 1 aromatic heterocycles. The molecular weight excluding hydrogens is 398 g/mol.